The summed E-state index contributed by atoms with van der Waals surface area (Å²) in [6, 6.07) is 4.25. The fourth-order valence-corrected chi connectivity index (χ4v) is 2.42. The molecule has 1 rings (SSSR count). The van der Waals surface area contributed by atoms with Gasteiger partial charge in [-0.3, -0.25) is 0 Å². The van der Waals surface area contributed by atoms with Crippen LogP contribution >= 0.6 is 22.6 Å². The summed E-state index contributed by atoms with van der Waals surface area (Å²) in [5.41, 5.74) is 2.77. The molecule has 1 nitrogen and oxygen atoms in total. The molecule has 2 heteroatoms. The molecule has 0 unspecified atom stereocenters. The van der Waals surface area contributed by atoms with Crippen LogP contribution in [0.25, 0.3) is 0 Å². The Bertz CT molecular complexity index is 269. The summed E-state index contributed by atoms with van der Waals surface area (Å²) >= 11 is 2.42. The van der Waals surface area contributed by atoms with E-state index in [1.54, 1.807) is 7.11 Å². The van der Waals surface area contributed by atoms with Crippen LogP contribution in [0.1, 0.15) is 25.0 Å². The highest BCUT2D eigenvalue weighted by Gasteiger charge is 2.05. The number of hydrogen-bond donors (Lipinski definition) is 0. The maximum Gasteiger partial charge on any atom is 0.119 e. The topological polar surface area (TPSA) is 9.23 Å². The van der Waals surface area contributed by atoms with E-state index in [-0.39, 0.29) is 0 Å². The summed E-state index contributed by atoms with van der Waals surface area (Å²) in [5.74, 6) is 0.981. The molecule has 0 fully saturated rings. The predicted octanol–water partition coefficient (Wildman–Crippen LogP) is 3.42. The highest BCUT2D eigenvalue weighted by Crippen LogP contribution is 2.24. The zero-order valence-corrected chi connectivity index (χ0v) is 10.5. The number of aryl methyl sites for hydroxylation is 2. The molecule has 0 aliphatic heterocycles. The smallest absolute Gasteiger partial charge is 0.119 e. The van der Waals surface area contributed by atoms with Gasteiger partial charge >= 0.3 is 0 Å². The molecule has 0 N–H and O–H groups in total. The molecule has 0 amide bonds. The van der Waals surface area contributed by atoms with Gasteiger partial charge < -0.3 is 4.74 Å². The Labute approximate surface area is 93.6 Å². The van der Waals surface area contributed by atoms with E-state index in [0.29, 0.717) is 0 Å². The Morgan fingerprint density at radius 3 is 1.92 bits per heavy atom. The maximum absolute atomic E-state index is 5.25. The molecule has 0 aliphatic rings. The molecule has 0 atom stereocenters. The first-order valence-electron chi connectivity index (χ1n) is 4.58. The van der Waals surface area contributed by atoms with Gasteiger partial charge in [0.25, 0.3) is 0 Å². The van der Waals surface area contributed by atoms with Crippen molar-refractivity contribution in [2.75, 3.05) is 7.11 Å². The van der Waals surface area contributed by atoms with E-state index in [0.717, 1.165) is 18.6 Å². The summed E-state index contributed by atoms with van der Waals surface area (Å²) < 4.78 is 6.64. The summed E-state index contributed by atoms with van der Waals surface area (Å²) in [6.45, 7) is 4.35. The Morgan fingerprint density at radius 2 is 1.62 bits per heavy atom. The van der Waals surface area contributed by atoms with E-state index in [2.05, 4.69) is 48.6 Å². The molecule has 1 aromatic carbocycles. The summed E-state index contributed by atoms with van der Waals surface area (Å²) in [5, 5.41) is 0. The zero-order chi connectivity index (χ0) is 9.84. The lowest BCUT2D eigenvalue weighted by Crippen LogP contribution is -1.95. The number of rotatable bonds is 3. The number of benzene rings is 1. The van der Waals surface area contributed by atoms with E-state index >= 15 is 0 Å². The van der Waals surface area contributed by atoms with Gasteiger partial charge in [0.15, 0.2) is 0 Å². The first-order chi connectivity index (χ1) is 6.22. The molecule has 0 heterocycles. The molecule has 0 saturated heterocycles. The lowest BCUT2D eigenvalue weighted by atomic mass is 10.1. The van der Waals surface area contributed by atoms with E-state index in [9.17, 15) is 0 Å². The van der Waals surface area contributed by atoms with Crippen molar-refractivity contribution in [1.82, 2.24) is 0 Å². The molecule has 0 radical (unpaired) electrons. The third kappa shape index (κ3) is 2.36. The molecule has 1 aromatic rings. The van der Waals surface area contributed by atoms with Crippen molar-refractivity contribution >= 4 is 22.6 Å². The van der Waals surface area contributed by atoms with Crippen molar-refractivity contribution < 1.29 is 4.74 Å². The summed E-state index contributed by atoms with van der Waals surface area (Å²) in [4.78, 5) is 0. The SMILES string of the molecule is CCc1cc(OC)cc(CC)c1I. The molecule has 0 spiro atoms. The van der Waals surface area contributed by atoms with Crippen molar-refractivity contribution in [2.24, 2.45) is 0 Å². The minimum absolute atomic E-state index is 0.981. The van der Waals surface area contributed by atoms with Crippen LogP contribution in [0.15, 0.2) is 12.1 Å². The van der Waals surface area contributed by atoms with Gasteiger partial charge in [-0.05, 0) is 58.7 Å². The first kappa shape index (κ1) is 10.8. The number of ether oxygens (including phenoxy) is 1. The van der Waals surface area contributed by atoms with Gasteiger partial charge in [-0.1, -0.05) is 13.8 Å². The average molecular weight is 290 g/mol. The predicted molar refractivity (Wildman–Crippen MR) is 64.5 cm³/mol. The second-order valence-corrected chi connectivity index (χ2v) is 4.05. The van der Waals surface area contributed by atoms with E-state index < -0.39 is 0 Å². The number of halogens is 1. The van der Waals surface area contributed by atoms with E-state index in [1.165, 1.54) is 14.7 Å². The molecule has 0 saturated carbocycles. The number of methoxy groups -OCH3 is 1. The molecule has 0 bridgehead atoms. The van der Waals surface area contributed by atoms with Crippen LogP contribution in [0.4, 0.5) is 0 Å². The molecule has 72 valence electrons. The van der Waals surface area contributed by atoms with E-state index in [1.807, 2.05) is 0 Å². The molecular formula is C11H15IO. The van der Waals surface area contributed by atoms with Gasteiger partial charge in [0.1, 0.15) is 5.75 Å². The van der Waals surface area contributed by atoms with Crippen LogP contribution in [0.2, 0.25) is 0 Å². The Balaban J connectivity index is 3.20. The standard InChI is InChI=1S/C11H15IO/c1-4-8-6-10(13-3)7-9(5-2)11(8)12/h6-7H,4-5H2,1-3H3. The lowest BCUT2D eigenvalue weighted by molar-refractivity contribution is 0.413. The van der Waals surface area contributed by atoms with Gasteiger partial charge in [0.05, 0.1) is 7.11 Å². The minimum Gasteiger partial charge on any atom is -0.497 e. The molecular weight excluding hydrogens is 275 g/mol. The highest BCUT2D eigenvalue weighted by atomic mass is 127. The van der Waals surface area contributed by atoms with Gasteiger partial charge in [-0.2, -0.15) is 0 Å². The fourth-order valence-electron chi connectivity index (χ4n) is 1.35. The van der Waals surface area contributed by atoms with Gasteiger partial charge in [0, 0.05) is 3.57 Å². The van der Waals surface area contributed by atoms with Crippen LogP contribution in [0.3, 0.4) is 0 Å². The highest BCUT2D eigenvalue weighted by molar-refractivity contribution is 14.1. The molecule has 13 heavy (non-hydrogen) atoms. The van der Waals surface area contributed by atoms with Crippen molar-refractivity contribution in [1.29, 1.82) is 0 Å². The van der Waals surface area contributed by atoms with Crippen molar-refractivity contribution in [3.05, 3.63) is 26.8 Å². The quantitative estimate of drug-likeness (QED) is 0.775. The lowest BCUT2D eigenvalue weighted by Gasteiger charge is -2.10. The normalized spacial score (nSPS) is 10.2. The minimum atomic E-state index is 0.981. The monoisotopic (exact) mass is 290 g/mol. The van der Waals surface area contributed by atoms with E-state index in [4.69, 9.17) is 4.74 Å². The summed E-state index contributed by atoms with van der Waals surface area (Å²) in [7, 11) is 1.72. The van der Waals surface area contributed by atoms with Crippen molar-refractivity contribution in [3.8, 4) is 5.75 Å². The third-order valence-electron chi connectivity index (χ3n) is 2.19. The van der Waals surface area contributed by atoms with Crippen LogP contribution < -0.4 is 4.74 Å². The van der Waals surface area contributed by atoms with Crippen molar-refractivity contribution in [3.63, 3.8) is 0 Å². The van der Waals surface area contributed by atoms with Crippen molar-refractivity contribution in [2.45, 2.75) is 26.7 Å². The third-order valence-corrected chi connectivity index (χ3v) is 3.58. The Kier molecular flexibility index (Phi) is 4.03. The molecule has 0 aromatic heterocycles. The Morgan fingerprint density at radius 1 is 1.15 bits per heavy atom. The Hall–Kier alpha value is -0.250. The fraction of sp³-hybridized carbons (Fsp3) is 0.455. The zero-order valence-electron chi connectivity index (χ0n) is 8.36. The van der Waals surface area contributed by atoms with Gasteiger partial charge in [0.2, 0.25) is 0 Å². The van der Waals surface area contributed by atoms with Crippen LogP contribution in [0, 0.1) is 3.57 Å². The molecule has 0 aliphatic carbocycles. The maximum atomic E-state index is 5.25. The van der Waals surface area contributed by atoms with Gasteiger partial charge in [-0.25, -0.2) is 0 Å². The second-order valence-electron chi connectivity index (χ2n) is 2.97. The second kappa shape index (κ2) is 4.84. The van der Waals surface area contributed by atoms with Crippen LogP contribution in [-0.4, -0.2) is 7.11 Å². The summed E-state index contributed by atoms with van der Waals surface area (Å²) in [6.07, 6.45) is 2.14. The number of hydrogen-bond acceptors (Lipinski definition) is 1. The largest absolute Gasteiger partial charge is 0.497 e. The average Bonchev–Trinajstić information content (AvgIpc) is 2.18. The first-order valence-corrected chi connectivity index (χ1v) is 5.66. The van der Waals surface area contributed by atoms with Gasteiger partial charge in [-0.15, -0.1) is 0 Å². The van der Waals surface area contributed by atoms with Crippen LogP contribution in [0.5, 0.6) is 5.75 Å². The van der Waals surface area contributed by atoms with Crippen LogP contribution in [-0.2, 0) is 12.8 Å².